The number of anilines is 1. The van der Waals surface area contributed by atoms with Gasteiger partial charge >= 0.3 is 0 Å². The lowest BCUT2D eigenvalue weighted by Gasteiger charge is -2.27. The first kappa shape index (κ1) is 11.7. The van der Waals surface area contributed by atoms with Gasteiger partial charge in [0.1, 0.15) is 0 Å². The van der Waals surface area contributed by atoms with Crippen LogP contribution in [0.5, 0.6) is 0 Å². The lowest BCUT2D eigenvalue weighted by Crippen LogP contribution is -2.42. The van der Waals surface area contributed by atoms with Crippen LogP contribution in [0.3, 0.4) is 0 Å². The van der Waals surface area contributed by atoms with Gasteiger partial charge in [0.05, 0.1) is 5.92 Å². The highest BCUT2D eigenvalue weighted by molar-refractivity contribution is 5.98. The zero-order valence-electron chi connectivity index (χ0n) is 11.0. The normalized spacial score (nSPS) is 30.6. The van der Waals surface area contributed by atoms with Gasteiger partial charge in [0.15, 0.2) is 0 Å². The summed E-state index contributed by atoms with van der Waals surface area (Å²) in [6.07, 6.45) is 0.983. The third kappa shape index (κ3) is 1.74. The highest BCUT2D eigenvalue weighted by Crippen LogP contribution is 2.34. The van der Waals surface area contributed by atoms with Gasteiger partial charge in [-0.15, -0.1) is 0 Å². The fourth-order valence-corrected chi connectivity index (χ4v) is 3.22. The molecular weight excluding hydrogens is 224 g/mol. The summed E-state index contributed by atoms with van der Waals surface area (Å²) in [6, 6.07) is 8.58. The fourth-order valence-electron chi connectivity index (χ4n) is 3.22. The molecule has 1 amide bonds. The van der Waals surface area contributed by atoms with Crippen LogP contribution < -0.4 is 10.2 Å². The molecule has 1 saturated heterocycles. The number of carbonyl (C=O) groups excluding carboxylic acids is 1. The van der Waals surface area contributed by atoms with Gasteiger partial charge in [-0.1, -0.05) is 25.1 Å². The molecule has 96 valence electrons. The number of para-hydroxylation sites is 1. The molecule has 1 unspecified atom stereocenters. The molecule has 0 saturated carbocycles. The lowest BCUT2D eigenvalue weighted by molar-refractivity contribution is -0.123. The lowest BCUT2D eigenvalue weighted by atomic mass is 9.96. The molecule has 3 rings (SSSR count). The standard InChI is InChI=1S/C15H20N2O/c1-10-8-16-9-13(10)15(18)17-11(2)7-12-5-3-4-6-14(12)17/h3-6,10-11,13,16H,7-9H2,1-2H3/t10-,11?,13-/m1/s1. The van der Waals surface area contributed by atoms with Crippen molar-refractivity contribution in [3.63, 3.8) is 0 Å². The number of nitrogens with one attached hydrogen (secondary N) is 1. The smallest absolute Gasteiger partial charge is 0.231 e. The summed E-state index contributed by atoms with van der Waals surface area (Å²) >= 11 is 0. The van der Waals surface area contributed by atoms with Crippen LogP contribution in [0.15, 0.2) is 24.3 Å². The Labute approximate surface area is 108 Å². The van der Waals surface area contributed by atoms with Crippen LogP contribution in [0.4, 0.5) is 5.69 Å². The Morgan fingerprint density at radius 3 is 2.78 bits per heavy atom. The van der Waals surface area contributed by atoms with Crippen LogP contribution in [-0.2, 0) is 11.2 Å². The first-order valence-corrected chi connectivity index (χ1v) is 6.80. The molecule has 0 radical (unpaired) electrons. The van der Waals surface area contributed by atoms with Crippen molar-refractivity contribution in [3.8, 4) is 0 Å². The van der Waals surface area contributed by atoms with Gasteiger partial charge in [-0.3, -0.25) is 4.79 Å². The molecule has 1 fully saturated rings. The van der Waals surface area contributed by atoms with Crippen LogP contribution in [-0.4, -0.2) is 25.0 Å². The number of benzene rings is 1. The van der Waals surface area contributed by atoms with E-state index >= 15 is 0 Å². The second-order valence-corrected chi connectivity index (χ2v) is 5.63. The van der Waals surface area contributed by atoms with E-state index in [-0.39, 0.29) is 5.92 Å². The van der Waals surface area contributed by atoms with Crippen LogP contribution in [0.1, 0.15) is 19.4 Å². The van der Waals surface area contributed by atoms with Gasteiger partial charge in [0.25, 0.3) is 0 Å². The largest absolute Gasteiger partial charge is 0.316 e. The van der Waals surface area contributed by atoms with Crippen molar-refractivity contribution < 1.29 is 4.79 Å². The molecule has 3 heteroatoms. The summed E-state index contributed by atoms with van der Waals surface area (Å²) in [6.45, 7) is 6.09. The van der Waals surface area contributed by atoms with E-state index in [2.05, 4.69) is 37.4 Å². The molecule has 3 nitrogen and oxygen atoms in total. The average molecular weight is 244 g/mol. The molecule has 0 aliphatic carbocycles. The van der Waals surface area contributed by atoms with E-state index < -0.39 is 0 Å². The SMILES string of the molecule is CC1Cc2ccccc2N1C(=O)[C@@H]1CNC[C@H]1C. The van der Waals surface area contributed by atoms with Crippen molar-refractivity contribution >= 4 is 11.6 Å². The minimum absolute atomic E-state index is 0.138. The molecule has 3 atom stereocenters. The molecule has 2 aliphatic heterocycles. The number of hydrogen-bond acceptors (Lipinski definition) is 2. The molecule has 18 heavy (non-hydrogen) atoms. The van der Waals surface area contributed by atoms with Crippen molar-refractivity contribution in [2.24, 2.45) is 11.8 Å². The Morgan fingerprint density at radius 2 is 2.06 bits per heavy atom. The van der Waals surface area contributed by atoms with Gasteiger partial charge in [-0.25, -0.2) is 0 Å². The van der Waals surface area contributed by atoms with E-state index in [4.69, 9.17) is 0 Å². The number of nitrogens with zero attached hydrogens (tertiary/aromatic N) is 1. The maximum Gasteiger partial charge on any atom is 0.231 e. The van der Waals surface area contributed by atoms with Gasteiger partial charge in [0, 0.05) is 18.3 Å². The Bertz CT molecular complexity index is 471. The third-order valence-corrected chi connectivity index (χ3v) is 4.28. The Kier molecular flexibility index (Phi) is 2.86. The summed E-state index contributed by atoms with van der Waals surface area (Å²) in [5.41, 5.74) is 2.42. The molecule has 0 aromatic heterocycles. The second kappa shape index (κ2) is 4.39. The molecule has 1 N–H and O–H groups in total. The second-order valence-electron chi connectivity index (χ2n) is 5.63. The van der Waals surface area contributed by atoms with Crippen LogP contribution >= 0.6 is 0 Å². The van der Waals surface area contributed by atoms with Crippen LogP contribution in [0.2, 0.25) is 0 Å². The predicted molar refractivity (Wildman–Crippen MR) is 72.6 cm³/mol. The van der Waals surface area contributed by atoms with Crippen LogP contribution in [0, 0.1) is 11.8 Å². The van der Waals surface area contributed by atoms with E-state index in [9.17, 15) is 4.79 Å². The minimum Gasteiger partial charge on any atom is -0.316 e. The van der Waals surface area contributed by atoms with E-state index in [1.807, 2.05) is 11.0 Å². The molecular formula is C15H20N2O. The summed E-state index contributed by atoms with van der Waals surface area (Å²) in [4.78, 5) is 14.7. The average Bonchev–Trinajstić information content (AvgIpc) is 2.91. The van der Waals surface area contributed by atoms with E-state index in [0.717, 1.165) is 25.2 Å². The molecule has 0 spiro atoms. The van der Waals surface area contributed by atoms with E-state index in [0.29, 0.717) is 17.9 Å². The Balaban J connectivity index is 1.90. The highest BCUT2D eigenvalue weighted by Gasteiger charge is 2.38. The molecule has 1 aromatic rings. The topological polar surface area (TPSA) is 32.3 Å². The number of fused-ring (bicyclic) bond motifs is 1. The predicted octanol–water partition coefficient (Wildman–Crippen LogP) is 1.82. The zero-order valence-corrected chi connectivity index (χ0v) is 11.0. The third-order valence-electron chi connectivity index (χ3n) is 4.28. The van der Waals surface area contributed by atoms with Gasteiger partial charge in [0.2, 0.25) is 5.91 Å². The summed E-state index contributed by atoms with van der Waals surface area (Å²) in [5, 5.41) is 3.32. The van der Waals surface area contributed by atoms with Crippen molar-refractivity contribution in [3.05, 3.63) is 29.8 Å². The summed E-state index contributed by atoms with van der Waals surface area (Å²) in [5.74, 6) is 0.876. The summed E-state index contributed by atoms with van der Waals surface area (Å²) < 4.78 is 0. The maximum atomic E-state index is 12.7. The highest BCUT2D eigenvalue weighted by atomic mass is 16.2. The van der Waals surface area contributed by atoms with Crippen molar-refractivity contribution in [2.75, 3.05) is 18.0 Å². The fraction of sp³-hybridized carbons (Fsp3) is 0.533. The molecule has 2 heterocycles. The Hall–Kier alpha value is -1.35. The van der Waals surface area contributed by atoms with Crippen LogP contribution in [0.25, 0.3) is 0 Å². The van der Waals surface area contributed by atoms with Crippen molar-refractivity contribution in [1.82, 2.24) is 5.32 Å². The molecule has 1 aromatic carbocycles. The zero-order chi connectivity index (χ0) is 12.7. The van der Waals surface area contributed by atoms with Gasteiger partial charge in [-0.2, -0.15) is 0 Å². The quantitative estimate of drug-likeness (QED) is 0.817. The van der Waals surface area contributed by atoms with E-state index in [1.165, 1.54) is 5.56 Å². The monoisotopic (exact) mass is 244 g/mol. The molecule has 0 bridgehead atoms. The number of carbonyl (C=O) groups is 1. The Morgan fingerprint density at radius 1 is 1.28 bits per heavy atom. The van der Waals surface area contributed by atoms with Gasteiger partial charge in [-0.05, 0) is 37.4 Å². The van der Waals surface area contributed by atoms with Crippen molar-refractivity contribution in [2.45, 2.75) is 26.3 Å². The number of rotatable bonds is 1. The number of hydrogen-bond donors (Lipinski definition) is 1. The summed E-state index contributed by atoms with van der Waals surface area (Å²) in [7, 11) is 0. The first-order chi connectivity index (χ1) is 8.68. The van der Waals surface area contributed by atoms with E-state index in [1.54, 1.807) is 0 Å². The maximum absolute atomic E-state index is 12.7. The number of amides is 1. The van der Waals surface area contributed by atoms with Gasteiger partial charge < -0.3 is 10.2 Å². The van der Waals surface area contributed by atoms with Crippen molar-refractivity contribution in [1.29, 1.82) is 0 Å². The first-order valence-electron chi connectivity index (χ1n) is 6.80. The molecule has 2 aliphatic rings. The minimum atomic E-state index is 0.138.